The number of nitrogens with zero attached hydrogens (tertiary/aromatic N) is 3. The average molecular weight is 515 g/mol. The van der Waals surface area contributed by atoms with Gasteiger partial charge in [0.15, 0.2) is 0 Å². The lowest BCUT2D eigenvalue weighted by molar-refractivity contribution is -0.142. The summed E-state index contributed by atoms with van der Waals surface area (Å²) < 4.78 is 41.7. The third kappa shape index (κ3) is 8.95. The van der Waals surface area contributed by atoms with Crippen LogP contribution in [-0.2, 0) is 15.8 Å². The fraction of sp³-hybridized carbons (Fsp3) is 0.231. The zero-order chi connectivity index (χ0) is 27.4. The lowest BCUT2D eigenvalue weighted by atomic mass is 10.1. The van der Waals surface area contributed by atoms with E-state index in [1.54, 1.807) is 18.2 Å². The molecule has 0 atom stereocenters. The second kappa shape index (κ2) is 13.6. The molecule has 0 fully saturated rings. The van der Waals surface area contributed by atoms with Crippen molar-refractivity contribution in [2.24, 2.45) is 5.73 Å². The Morgan fingerprint density at radius 2 is 2.03 bits per heavy atom. The van der Waals surface area contributed by atoms with Crippen molar-refractivity contribution in [3.05, 3.63) is 91.1 Å². The molecule has 37 heavy (non-hydrogen) atoms. The van der Waals surface area contributed by atoms with Gasteiger partial charge >= 0.3 is 6.18 Å². The molecule has 0 bridgehead atoms. The van der Waals surface area contributed by atoms with Crippen LogP contribution in [0.2, 0.25) is 0 Å². The standard InChI is InChI=1S/C26H29F3N6O2/c1-4-5-8-19(11-12-24(36)33-18(2)3)25(37)32-14-7-10-21(16-30)35-23(26(27,28)29)15-22(34-35)20-9-6-13-31-17-20/h4-11,13,15-18H,1,12,14,30H2,2-3H3,(H,32,37)(H,33,36)/b8-5-,10-7-,19-11+,21-16+. The Morgan fingerprint density at radius 3 is 2.62 bits per heavy atom. The summed E-state index contributed by atoms with van der Waals surface area (Å²) in [5, 5.41) is 9.41. The normalized spacial score (nSPS) is 12.9. The van der Waals surface area contributed by atoms with E-state index >= 15 is 0 Å². The summed E-state index contributed by atoms with van der Waals surface area (Å²) in [5.41, 5.74) is 5.25. The van der Waals surface area contributed by atoms with Crippen molar-refractivity contribution >= 4 is 17.5 Å². The van der Waals surface area contributed by atoms with Gasteiger partial charge in [0.25, 0.3) is 5.91 Å². The number of hydrogen-bond donors (Lipinski definition) is 3. The van der Waals surface area contributed by atoms with Crippen LogP contribution >= 0.6 is 0 Å². The van der Waals surface area contributed by atoms with Crippen LogP contribution in [0.1, 0.15) is 26.0 Å². The van der Waals surface area contributed by atoms with Crippen LogP contribution < -0.4 is 16.4 Å². The summed E-state index contributed by atoms with van der Waals surface area (Å²) in [6, 6.07) is 4.06. The van der Waals surface area contributed by atoms with Gasteiger partial charge in [0.1, 0.15) is 5.69 Å². The first-order valence-electron chi connectivity index (χ1n) is 11.3. The first-order valence-corrected chi connectivity index (χ1v) is 11.3. The van der Waals surface area contributed by atoms with Gasteiger partial charge < -0.3 is 16.4 Å². The van der Waals surface area contributed by atoms with Crippen LogP contribution in [0.4, 0.5) is 13.2 Å². The van der Waals surface area contributed by atoms with E-state index in [9.17, 15) is 22.8 Å². The molecular weight excluding hydrogens is 485 g/mol. The number of amides is 2. The Kier molecular flexibility index (Phi) is 10.6. The fourth-order valence-corrected chi connectivity index (χ4v) is 3.06. The van der Waals surface area contributed by atoms with Crippen LogP contribution in [0, 0.1) is 0 Å². The van der Waals surface area contributed by atoms with E-state index in [-0.39, 0.29) is 41.9 Å². The molecule has 8 nitrogen and oxygen atoms in total. The third-order valence-corrected chi connectivity index (χ3v) is 4.67. The van der Waals surface area contributed by atoms with Gasteiger partial charge in [-0.05, 0) is 44.2 Å². The number of rotatable bonds is 11. The molecule has 2 heterocycles. The molecule has 0 aliphatic carbocycles. The topological polar surface area (TPSA) is 115 Å². The molecule has 2 amide bonds. The smallest absolute Gasteiger partial charge is 0.403 e. The fourth-order valence-electron chi connectivity index (χ4n) is 3.06. The lowest BCUT2D eigenvalue weighted by Crippen LogP contribution is -2.30. The number of alkyl halides is 3. The third-order valence-electron chi connectivity index (χ3n) is 4.67. The first-order chi connectivity index (χ1) is 17.6. The molecule has 0 aliphatic heterocycles. The number of nitrogens with two attached hydrogens (primary N) is 1. The van der Waals surface area contributed by atoms with Crippen LogP contribution in [0.15, 0.2) is 85.4 Å². The Hall–Kier alpha value is -4.41. The monoisotopic (exact) mass is 514 g/mol. The molecule has 0 aromatic carbocycles. The number of nitrogens with one attached hydrogen (secondary N) is 2. The molecular formula is C26H29F3N6O2. The molecule has 0 radical (unpaired) electrons. The van der Waals surface area contributed by atoms with Gasteiger partial charge in [-0.15, -0.1) is 0 Å². The Labute approximate surface area is 213 Å². The van der Waals surface area contributed by atoms with Crippen molar-refractivity contribution in [1.82, 2.24) is 25.4 Å². The average Bonchev–Trinajstić information content (AvgIpc) is 3.30. The van der Waals surface area contributed by atoms with Gasteiger partial charge in [0.05, 0.1) is 11.4 Å². The SMILES string of the molecule is C=C/C=C\C(=C/CC(=O)NC(C)C)C(=O)NC/C=C\C(=C/N)n1nc(-c2cccnc2)cc1C(F)(F)F. The second-order valence-corrected chi connectivity index (χ2v) is 7.95. The molecule has 11 heteroatoms. The number of hydrogen-bond acceptors (Lipinski definition) is 5. The van der Waals surface area contributed by atoms with Gasteiger partial charge in [-0.25, -0.2) is 4.68 Å². The summed E-state index contributed by atoms with van der Waals surface area (Å²) in [7, 11) is 0. The van der Waals surface area contributed by atoms with E-state index < -0.39 is 17.8 Å². The molecule has 0 saturated heterocycles. The number of carbonyl (C=O) groups is 2. The maximum Gasteiger partial charge on any atom is 0.433 e. The minimum Gasteiger partial charge on any atom is -0.403 e. The Morgan fingerprint density at radius 1 is 1.27 bits per heavy atom. The summed E-state index contributed by atoms with van der Waals surface area (Å²) in [5.74, 6) is -0.720. The van der Waals surface area contributed by atoms with Gasteiger partial charge in [0, 0.05) is 48.7 Å². The molecule has 2 rings (SSSR count). The van der Waals surface area contributed by atoms with Gasteiger partial charge in [-0.1, -0.05) is 30.9 Å². The number of pyridine rings is 1. The van der Waals surface area contributed by atoms with Crippen molar-refractivity contribution in [2.45, 2.75) is 32.5 Å². The molecule has 196 valence electrons. The van der Waals surface area contributed by atoms with E-state index in [1.165, 1.54) is 42.8 Å². The predicted octanol–water partition coefficient (Wildman–Crippen LogP) is 3.98. The zero-order valence-electron chi connectivity index (χ0n) is 20.5. The largest absolute Gasteiger partial charge is 0.433 e. The van der Waals surface area contributed by atoms with E-state index in [0.29, 0.717) is 10.2 Å². The highest BCUT2D eigenvalue weighted by Crippen LogP contribution is 2.33. The number of allylic oxidation sites excluding steroid dienone is 4. The molecule has 0 unspecified atom stereocenters. The molecule has 0 saturated carbocycles. The minimum absolute atomic E-state index is 0.00288. The zero-order valence-corrected chi connectivity index (χ0v) is 20.5. The highest BCUT2D eigenvalue weighted by Gasteiger charge is 2.36. The van der Waals surface area contributed by atoms with Crippen LogP contribution in [0.3, 0.4) is 0 Å². The molecule has 2 aromatic rings. The predicted molar refractivity (Wildman–Crippen MR) is 136 cm³/mol. The highest BCUT2D eigenvalue weighted by atomic mass is 19.4. The summed E-state index contributed by atoms with van der Waals surface area (Å²) in [6.07, 6.45) is 7.95. The van der Waals surface area contributed by atoms with Crippen LogP contribution in [0.25, 0.3) is 17.0 Å². The highest BCUT2D eigenvalue weighted by molar-refractivity contribution is 5.97. The van der Waals surface area contributed by atoms with Crippen LogP contribution in [0.5, 0.6) is 0 Å². The summed E-state index contributed by atoms with van der Waals surface area (Å²) >= 11 is 0. The first kappa shape index (κ1) is 28.8. The molecule has 0 spiro atoms. The lowest BCUT2D eigenvalue weighted by Gasteiger charge is -2.10. The maximum absolute atomic E-state index is 13.7. The molecule has 0 aliphatic rings. The van der Waals surface area contributed by atoms with E-state index in [1.807, 2.05) is 13.8 Å². The van der Waals surface area contributed by atoms with E-state index in [2.05, 4.69) is 27.3 Å². The van der Waals surface area contributed by atoms with Crippen molar-refractivity contribution in [3.8, 4) is 11.3 Å². The van der Waals surface area contributed by atoms with Gasteiger partial charge in [-0.3, -0.25) is 14.6 Å². The van der Waals surface area contributed by atoms with Crippen molar-refractivity contribution in [2.75, 3.05) is 6.54 Å². The second-order valence-electron chi connectivity index (χ2n) is 7.95. The number of aromatic nitrogens is 3. The maximum atomic E-state index is 13.7. The molecule has 2 aromatic heterocycles. The number of carbonyl (C=O) groups excluding carboxylic acids is 2. The van der Waals surface area contributed by atoms with E-state index in [4.69, 9.17) is 5.73 Å². The van der Waals surface area contributed by atoms with Crippen molar-refractivity contribution < 1.29 is 22.8 Å². The summed E-state index contributed by atoms with van der Waals surface area (Å²) in [6.45, 7) is 7.18. The van der Waals surface area contributed by atoms with Gasteiger partial charge in [0.2, 0.25) is 5.91 Å². The summed E-state index contributed by atoms with van der Waals surface area (Å²) in [4.78, 5) is 28.4. The Balaban J connectivity index is 2.17. The Bertz CT molecular complexity index is 1210. The molecule has 4 N–H and O–H groups in total. The van der Waals surface area contributed by atoms with Crippen molar-refractivity contribution in [1.29, 1.82) is 0 Å². The minimum atomic E-state index is -4.69. The number of halogens is 3. The van der Waals surface area contributed by atoms with Crippen molar-refractivity contribution in [3.63, 3.8) is 0 Å². The van der Waals surface area contributed by atoms with Gasteiger partial charge in [-0.2, -0.15) is 18.3 Å². The van der Waals surface area contributed by atoms with Crippen LogP contribution in [-0.4, -0.2) is 39.2 Å². The quantitative estimate of drug-likeness (QED) is 0.310. The van der Waals surface area contributed by atoms with E-state index in [0.717, 1.165) is 12.3 Å².